The van der Waals surface area contributed by atoms with Gasteiger partial charge in [0.15, 0.2) is 5.82 Å². The Kier molecular flexibility index (Phi) is 16.0. The molecule has 0 saturated heterocycles. The maximum absolute atomic E-state index is 5.15. The Morgan fingerprint density at radius 3 is 2.03 bits per heavy atom. The lowest BCUT2D eigenvalue weighted by atomic mass is 9.74. The number of allylic oxidation sites excluding steroid dienone is 16. The van der Waals surface area contributed by atoms with Crippen LogP contribution in [-0.2, 0) is 12.8 Å². The zero-order valence-corrected chi connectivity index (χ0v) is 42.9. The summed E-state index contributed by atoms with van der Waals surface area (Å²) in [4.78, 5) is 10.3. The molecule has 0 radical (unpaired) electrons. The summed E-state index contributed by atoms with van der Waals surface area (Å²) < 4.78 is 2.31. The van der Waals surface area contributed by atoms with Gasteiger partial charge in [0.05, 0.1) is 16.7 Å². The van der Waals surface area contributed by atoms with Gasteiger partial charge in [-0.05, 0) is 135 Å². The van der Waals surface area contributed by atoms with Gasteiger partial charge in [0, 0.05) is 34.0 Å². The predicted octanol–water partition coefficient (Wildman–Crippen LogP) is 18.4. The molecule has 0 bridgehead atoms. The summed E-state index contributed by atoms with van der Waals surface area (Å²) in [5.74, 6) is 2.24. The number of aromatic nitrogens is 3. The monoisotopic (exact) mass is 930 g/mol. The summed E-state index contributed by atoms with van der Waals surface area (Å²) in [6.07, 6.45) is 35.8. The summed E-state index contributed by atoms with van der Waals surface area (Å²) >= 11 is 0. The summed E-state index contributed by atoms with van der Waals surface area (Å²) in [5.41, 5.74) is 20.5. The third-order valence-corrected chi connectivity index (χ3v) is 14.5. The van der Waals surface area contributed by atoms with Gasteiger partial charge in [0.2, 0.25) is 0 Å². The SMILES string of the molecule is CC1=CCCC=C1.CCCc1ccccc1C1=C(C)C=CC(C2=CC(c3ccccc3CCC)C(C)C=C2)C1.Cc1ccc2c(c1)c1nc(C3=CCCC=C3)nc(-c3ccccc3)c1n2-c1ccccc1. The summed E-state index contributed by atoms with van der Waals surface area (Å²) in [7, 11) is 0. The van der Waals surface area contributed by atoms with Crippen LogP contribution in [-0.4, -0.2) is 14.5 Å². The lowest BCUT2D eigenvalue weighted by Gasteiger charge is -2.30. The van der Waals surface area contributed by atoms with Crippen LogP contribution in [0, 0.1) is 18.8 Å². The van der Waals surface area contributed by atoms with E-state index in [9.17, 15) is 0 Å². The quantitative estimate of drug-likeness (QED) is 0.137. The second-order valence-electron chi connectivity index (χ2n) is 19.8. The smallest absolute Gasteiger partial charge is 0.160 e. The molecule has 3 unspecified atom stereocenters. The minimum absolute atomic E-state index is 0.452. The molecule has 3 atom stereocenters. The Balaban J connectivity index is 0.000000154. The number of aryl methyl sites for hydroxylation is 3. The molecule has 0 fully saturated rings. The van der Waals surface area contributed by atoms with Gasteiger partial charge in [-0.1, -0.05) is 215 Å². The fraction of sp³-hybridized carbons (Fsp3) is 0.265. The number of fused-ring (bicyclic) bond motifs is 3. The van der Waals surface area contributed by atoms with E-state index in [1.54, 1.807) is 0 Å². The van der Waals surface area contributed by atoms with E-state index in [0.29, 0.717) is 17.8 Å². The lowest BCUT2D eigenvalue weighted by Crippen LogP contribution is -2.15. The van der Waals surface area contributed by atoms with E-state index in [2.05, 4.69) is 234 Å². The van der Waals surface area contributed by atoms with Crippen LogP contribution < -0.4 is 0 Å². The van der Waals surface area contributed by atoms with Crippen LogP contribution in [0.1, 0.15) is 119 Å². The predicted molar refractivity (Wildman–Crippen MR) is 305 cm³/mol. The van der Waals surface area contributed by atoms with Crippen molar-refractivity contribution >= 4 is 33.1 Å². The van der Waals surface area contributed by atoms with E-state index >= 15 is 0 Å². The Hall–Kier alpha value is -7.10. The minimum Gasteiger partial charge on any atom is -0.306 e. The van der Waals surface area contributed by atoms with Crippen LogP contribution >= 0.6 is 0 Å². The van der Waals surface area contributed by atoms with Crippen molar-refractivity contribution in [3.8, 4) is 16.9 Å². The molecule has 7 aromatic rings. The van der Waals surface area contributed by atoms with Crippen molar-refractivity contribution in [1.29, 1.82) is 0 Å². The van der Waals surface area contributed by atoms with Gasteiger partial charge in [-0.15, -0.1) is 0 Å². The molecule has 5 aromatic carbocycles. The number of benzene rings is 5. The van der Waals surface area contributed by atoms with Crippen molar-refractivity contribution in [2.45, 2.75) is 105 Å². The van der Waals surface area contributed by atoms with Gasteiger partial charge < -0.3 is 4.57 Å². The van der Waals surface area contributed by atoms with Gasteiger partial charge in [0.25, 0.3) is 0 Å². The Morgan fingerprint density at radius 2 is 1.32 bits per heavy atom. The molecule has 4 aliphatic carbocycles. The molecule has 0 aliphatic heterocycles. The van der Waals surface area contributed by atoms with Crippen LogP contribution in [0.2, 0.25) is 0 Å². The summed E-state index contributed by atoms with van der Waals surface area (Å²) in [6.45, 7) is 13.5. The summed E-state index contributed by atoms with van der Waals surface area (Å²) in [6, 6.07) is 45.7. The van der Waals surface area contributed by atoms with Gasteiger partial charge in [0.1, 0.15) is 5.52 Å². The first-order valence-electron chi connectivity index (χ1n) is 26.4. The third-order valence-electron chi connectivity index (χ3n) is 14.5. The van der Waals surface area contributed by atoms with E-state index in [1.807, 2.05) is 6.07 Å². The van der Waals surface area contributed by atoms with E-state index in [1.165, 1.54) is 75.8 Å². The van der Waals surface area contributed by atoms with E-state index in [0.717, 1.165) is 82.4 Å². The van der Waals surface area contributed by atoms with Crippen molar-refractivity contribution in [2.24, 2.45) is 11.8 Å². The van der Waals surface area contributed by atoms with E-state index < -0.39 is 0 Å². The Bertz CT molecular complexity index is 3240. The molecule has 11 rings (SSSR count). The van der Waals surface area contributed by atoms with Gasteiger partial charge in [-0.25, -0.2) is 9.97 Å². The van der Waals surface area contributed by atoms with Crippen molar-refractivity contribution < 1.29 is 0 Å². The van der Waals surface area contributed by atoms with Crippen LogP contribution in [0.3, 0.4) is 0 Å². The lowest BCUT2D eigenvalue weighted by molar-refractivity contribution is 0.611. The average Bonchev–Trinajstić information content (AvgIpc) is 3.74. The highest BCUT2D eigenvalue weighted by atomic mass is 15.0. The number of rotatable bonds is 10. The highest BCUT2D eigenvalue weighted by molar-refractivity contribution is 6.11. The number of para-hydroxylation sites is 1. The molecular weight excluding hydrogens is 859 g/mol. The van der Waals surface area contributed by atoms with Crippen LogP contribution in [0.4, 0.5) is 0 Å². The van der Waals surface area contributed by atoms with Gasteiger partial charge in [-0.3, -0.25) is 0 Å². The fourth-order valence-corrected chi connectivity index (χ4v) is 10.7. The van der Waals surface area contributed by atoms with Gasteiger partial charge in [-0.2, -0.15) is 0 Å². The fourth-order valence-electron chi connectivity index (χ4n) is 10.7. The highest BCUT2D eigenvalue weighted by Crippen LogP contribution is 2.42. The van der Waals surface area contributed by atoms with Crippen LogP contribution in [0.25, 0.3) is 50.0 Å². The minimum atomic E-state index is 0.452. The standard InChI is InChI=1S/C32H38.C29H23N3.C7H10/c1-5-11-25-13-7-9-15-29(25)31-21-27(19-17-23(31)3)28-20-18-24(4)32(22-28)30-16-10-8-14-26(30)12-6-2;1-20-17-18-25-24(19-20)27-28(32(25)23-15-9-4-10-16-23)26(21-11-5-2-6-12-21)30-29(31-27)22-13-7-3-8-14-22;1-7-5-3-2-4-6-7/h7-10,13-21,23,28,31H,5-6,11-12,22H2,1-4H3;2,4-7,9-19H,3,8H2,1H3;3,5-6H,2,4H2,1H3. The maximum atomic E-state index is 5.15. The number of nitrogens with zero attached hydrogens (tertiary/aromatic N) is 3. The topological polar surface area (TPSA) is 30.7 Å². The van der Waals surface area contributed by atoms with E-state index in [-0.39, 0.29) is 0 Å². The molecule has 0 saturated carbocycles. The summed E-state index contributed by atoms with van der Waals surface area (Å²) in [5, 5.41) is 1.16. The number of hydrogen-bond acceptors (Lipinski definition) is 2. The molecule has 2 aromatic heterocycles. The molecule has 3 heteroatoms. The van der Waals surface area contributed by atoms with Crippen molar-refractivity contribution in [3.63, 3.8) is 0 Å². The Labute approximate surface area is 424 Å². The molecule has 3 nitrogen and oxygen atoms in total. The maximum Gasteiger partial charge on any atom is 0.160 e. The van der Waals surface area contributed by atoms with E-state index in [4.69, 9.17) is 9.97 Å². The first-order chi connectivity index (χ1) is 34.8. The molecule has 358 valence electrons. The third kappa shape index (κ3) is 11.3. The number of hydrogen-bond donors (Lipinski definition) is 0. The first kappa shape index (κ1) is 48.9. The highest BCUT2D eigenvalue weighted by Gasteiger charge is 2.27. The molecule has 0 spiro atoms. The van der Waals surface area contributed by atoms with Crippen molar-refractivity contribution in [1.82, 2.24) is 14.5 Å². The zero-order valence-electron chi connectivity index (χ0n) is 42.9. The molecule has 0 amide bonds. The van der Waals surface area contributed by atoms with Crippen LogP contribution in [0.5, 0.6) is 0 Å². The Morgan fingerprint density at radius 1 is 0.634 bits per heavy atom. The van der Waals surface area contributed by atoms with Crippen molar-refractivity contribution in [2.75, 3.05) is 0 Å². The van der Waals surface area contributed by atoms with Crippen molar-refractivity contribution in [3.05, 3.63) is 245 Å². The second-order valence-corrected chi connectivity index (χ2v) is 19.8. The normalized spacial score (nSPS) is 18.3. The van der Waals surface area contributed by atoms with Crippen LogP contribution in [0.15, 0.2) is 211 Å². The molecule has 0 N–H and O–H groups in total. The molecule has 4 aliphatic rings. The zero-order chi connectivity index (χ0) is 49.1. The van der Waals surface area contributed by atoms with Gasteiger partial charge >= 0.3 is 0 Å². The average molecular weight is 930 g/mol. The first-order valence-corrected chi connectivity index (χ1v) is 26.4. The largest absolute Gasteiger partial charge is 0.306 e. The molecule has 2 heterocycles. The molecular formula is C68H71N3. The molecule has 71 heavy (non-hydrogen) atoms. The second kappa shape index (κ2) is 23.2.